The molecule has 0 saturated carbocycles. The standard InChI is InChI=1S/C17H19FN4O2S/c1-12-16(8-21(3)20-12)25(23)22-9-17(2,10-22)11-24-14-5-4-13(7-19)15(18)6-14/h4-6,8H,9-11H2,1-3H3. The van der Waals surface area contributed by atoms with Crippen LogP contribution in [0.4, 0.5) is 4.39 Å². The molecule has 1 fully saturated rings. The summed E-state index contributed by atoms with van der Waals surface area (Å²) in [5.41, 5.74) is 0.602. The van der Waals surface area contributed by atoms with Crippen molar-refractivity contribution in [1.82, 2.24) is 14.1 Å². The molecule has 0 N–H and O–H groups in total. The number of nitriles is 1. The lowest BCUT2D eigenvalue weighted by Crippen LogP contribution is -2.57. The SMILES string of the molecule is Cc1nn(C)cc1S(=O)N1CC(C)(COc2ccc(C#N)c(F)c2)C1. The van der Waals surface area contributed by atoms with Gasteiger partial charge in [0.15, 0.2) is 0 Å². The Kier molecular flexibility index (Phi) is 4.62. The van der Waals surface area contributed by atoms with E-state index in [0.717, 1.165) is 10.6 Å². The first-order chi connectivity index (χ1) is 11.8. The van der Waals surface area contributed by atoms with E-state index in [1.807, 2.05) is 18.2 Å². The summed E-state index contributed by atoms with van der Waals surface area (Å²) in [4.78, 5) is 0.722. The molecule has 1 aliphatic heterocycles. The van der Waals surface area contributed by atoms with Gasteiger partial charge in [-0.15, -0.1) is 0 Å². The van der Waals surface area contributed by atoms with Gasteiger partial charge >= 0.3 is 0 Å². The summed E-state index contributed by atoms with van der Waals surface area (Å²) in [6, 6.07) is 5.98. The normalized spacial score (nSPS) is 17.6. The number of aromatic nitrogens is 2. The molecule has 132 valence electrons. The number of rotatable bonds is 5. The molecule has 1 aliphatic rings. The highest BCUT2D eigenvalue weighted by atomic mass is 32.2. The summed E-state index contributed by atoms with van der Waals surface area (Å²) < 4.78 is 35.4. The van der Waals surface area contributed by atoms with Gasteiger partial charge in [-0.05, 0) is 19.1 Å². The van der Waals surface area contributed by atoms with Crippen molar-refractivity contribution in [2.45, 2.75) is 18.7 Å². The summed E-state index contributed by atoms with van der Waals surface area (Å²) in [7, 11) is 0.568. The number of ether oxygens (including phenoxy) is 1. The van der Waals surface area contributed by atoms with Gasteiger partial charge in [0.25, 0.3) is 0 Å². The van der Waals surface area contributed by atoms with Crippen LogP contribution < -0.4 is 4.74 Å². The van der Waals surface area contributed by atoms with E-state index in [4.69, 9.17) is 10.00 Å². The molecular weight excluding hydrogens is 343 g/mol. The van der Waals surface area contributed by atoms with Gasteiger partial charge in [0.05, 0.1) is 22.8 Å². The lowest BCUT2D eigenvalue weighted by molar-refractivity contribution is 0.0393. The highest BCUT2D eigenvalue weighted by Crippen LogP contribution is 2.34. The molecule has 1 aromatic carbocycles. The molecule has 0 bridgehead atoms. The van der Waals surface area contributed by atoms with E-state index in [2.05, 4.69) is 5.10 Å². The molecule has 3 rings (SSSR count). The zero-order chi connectivity index (χ0) is 18.2. The third kappa shape index (κ3) is 3.57. The fourth-order valence-corrected chi connectivity index (χ4v) is 4.51. The maximum Gasteiger partial charge on any atom is 0.144 e. The van der Waals surface area contributed by atoms with E-state index >= 15 is 0 Å². The molecule has 6 nitrogen and oxygen atoms in total. The minimum Gasteiger partial charge on any atom is -0.493 e. The van der Waals surface area contributed by atoms with Gasteiger partial charge < -0.3 is 4.74 Å². The minimum atomic E-state index is -1.24. The lowest BCUT2D eigenvalue weighted by atomic mass is 9.85. The first kappa shape index (κ1) is 17.6. The topological polar surface area (TPSA) is 71.2 Å². The second-order valence-corrected chi connectivity index (χ2v) is 8.11. The number of hydrogen-bond acceptors (Lipinski definition) is 4. The van der Waals surface area contributed by atoms with E-state index in [1.165, 1.54) is 12.1 Å². The van der Waals surface area contributed by atoms with Crippen LogP contribution in [0.1, 0.15) is 18.2 Å². The molecule has 0 spiro atoms. The van der Waals surface area contributed by atoms with Gasteiger partial charge in [-0.3, -0.25) is 4.68 Å². The smallest absolute Gasteiger partial charge is 0.144 e. The second-order valence-electron chi connectivity index (χ2n) is 6.65. The molecule has 1 aromatic heterocycles. The van der Waals surface area contributed by atoms with Crippen LogP contribution in [0.15, 0.2) is 29.3 Å². The van der Waals surface area contributed by atoms with Gasteiger partial charge in [-0.25, -0.2) is 12.9 Å². The van der Waals surface area contributed by atoms with Crippen LogP contribution in [-0.2, 0) is 18.0 Å². The van der Waals surface area contributed by atoms with E-state index in [9.17, 15) is 8.60 Å². The van der Waals surface area contributed by atoms with Crippen molar-refractivity contribution in [3.63, 3.8) is 0 Å². The van der Waals surface area contributed by atoms with Crippen molar-refractivity contribution in [1.29, 1.82) is 5.26 Å². The summed E-state index contributed by atoms with van der Waals surface area (Å²) >= 11 is 0. The lowest BCUT2D eigenvalue weighted by Gasteiger charge is -2.46. The Labute approximate surface area is 148 Å². The summed E-state index contributed by atoms with van der Waals surface area (Å²) in [6.45, 7) is 5.50. The monoisotopic (exact) mass is 362 g/mol. The predicted molar refractivity (Wildman–Crippen MR) is 90.6 cm³/mol. The number of benzene rings is 1. The van der Waals surface area contributed by atoms with Crippen molar-refractivity contribution in [2.24, 2.45) is 12.5 Å². The van der Waals surface area contributed by atoms with E-state index < -0.39 is 16.8 Å². The van der Waals surface area contributed by atoms with Crippen molar-refractivity contribution >= 4 is 11.0 Å². The van der Waals surface area contributed by atoms with E-state index in [1.54, 1.807) is 30.1 Å². The van der Waals surface area contributed by atoms with Crippen LogP contribution in [0.5, 0.6) is 5.75 Å². The van der Waals surface area contributed by atoms with Crippen LogP contribution >= 0.6 is 0 Å². The van der Waals surface area contributed by atoms with Crippen LogP contribution in [0.25, 0.3) is 0 Å². The highest BCUT2D eigenvalue weighted by molar-refractivity contribution is 7.82. The van der Waals surface area contributed by atoms with E-state index in [0.29, 0.717) is 25.4 Å². The number of halogens is 1. The second kappa shape index (κ2) is 6.58. The summed E-state index contributed by atoms with van der Waals surface area (Å²) in [6.07, 6.45) is 1.77. The Morgan fingerprint density at radius 3 is 2.76 bits per heavy atom. The van der Waals surface area contributed by atoms with Crippen molar-refractivity contribution in [3.05, 3.63) is 41.5 Å². The summed E-state index contributed by atoms with van der Waals surface area (Å²) in [5.74, 6) is -0.200. The van der Waals surface area contributed by atoms with Gasteiger partial charge in [-0.1, -0.05) is 6.92 Å². The van der Waals surface area contributed by atoms with Gasteiger partial charge in [0.1, 0.15) is 28.6 Å². The van der Waals surface area contributed by atoms with Gasteiger partial charge in [0.2, 0.25) is 0 Å². The molecule has 0 amide bonds. The number of aryl methyl sites for hydroxylation is 2. The third-order valence-corrected chi connectivity index (χ3v) is 5.66. The zero-order valence-corrected chi connectivity index (χ0v) is 15.1. The van der Waals surface area contributed by atoms with Crippen molar-refractivity contribution in [3.8, 4) is 11.8 Å². The molecule has 2 aromatic rings. The maximum atomic E-state index is 13.6. The highest BCUT2D eigenvalue weighted by Gasteiger charge is 2.43. The molecule has 2 heterocycles. The Balaban J connectivity index is 1.57. The van der Waals surface area contributed by atoms with Crippen molar-refractivity contribution < 1.29 is 13.3 Å². The van der Waals surface area contributed by atoms with E-state index in [-0.39, 0.29) is 11.0 Å². The first-order valence-electron chi connectivity index (χ1n) is 7.81. The Morgan fingerprint density at radius 2 is 2.20 bits per heavy atom. The average Bonchev–Trinajstić information content (AvgIpc) is 2.88. The molecule has 25 heavy (non-hydrogen) atoms. The predicted octanol–water partition coefficient (Wildman–Crippen LogP) is 2.16. The quantitative estimate of drug-likeness (QED) is 0.817. The Morgan fingerprint density at radius 1 is 1.48 bits per heavy atom. The van der Waals surface area contributed by atoms with Gasteiger partial charge in [-0.2, -0.15) is 10.4 Å². The van der Waals surface area contributed by atoms with Crippen LogP contribution in [0.2, 0.25) is 0 Å². The third-order valence-electron chi connectivity index (χ3n) is 4.16. The minimum absolute atomic E-state index is 0.00406. The molecule has 0 aliphatic carbocycles. The average molecular weight is 362 g/mol. The Bertz CT molecular complexity index is 868. The fraction of sp³-hybridized carbons (Fsp3) is 0.412. The summed E-state index contributed by atoms with van der Waals surface area (Å²) in [5, 5.41) is 13.0. The first-order valence-corrected chi connectivity index (χ1v) is 8.91. The van der Waals surface area contributed by atoms with Crippen LogP contribution in [0, 0.1) is 29.5 Å². The van der Waals surface area contributed by atoms with Crippen LogP contribution in [-0.4, -0.2) is 38.0 Å². The zero-order valence-electron chi connectivity index (χ0n) is 14.3. The Hall–Kier alpha value is -2.24. The fourth-order valence-electron chi connectivity index (χ4n) is 2.84. The number of hydrogen-bond donors (Lipinski definition) is 0. The largest absolute Gasteiger partial charge is 0.493 e. The molecule has 0 radical (unpaired) electrons. The van der Waals surface area contributed by atoms with Crippen molar-refractivity contribution in [2.75, 3.05) is 19.7 Å². The maximum absolute atomic E-state index is 13.6. The number of nitrogens with zero attached hydrogens (tertiary/aromatic N) is 4. The molecular formula is C17H19FN4O2S. The molecule has 1 unspecified atom stereocenters. The molecule has 8 heteroatoms. The van der Waals surface area contributed by atoms with Gasteiger partial charge in [0, 0.05) is 37.8 Å². The molecule has 1 atom stereocenters. The van der Waals surface area contributed by atoms with Crippen LogP contribution in [0.3, 0.4) is 0 Å². The molecule has 1 saturated heterocycles.